The third kappa shape index (κ3) is 3.59. The quantitative estimate of drug-likeness (QED) is 0.351. The molecule has 1 heterocycles. The van der Waals surface area contributed by atoms with E-state index in [0.717, 1.165) is 45.2 Å². The van der Waals surface area contributed by atoms with Gasteiger partial charge in [-0.05, 0) is 55.3 Å². The van der Waals surface area contributed by atoms with E-state index in [1.54, 1.807) is 0 Å². The Balaban J connectivity index is 1.65. The molecule has 29 heavy (non-hydrogen) atoms. The van der Waals surface area contributed by atoms with Crippen LogP contribution in [0.3, 0.4) is 0 Å². The number of nitrogens with zero attached hydrogens (tertiary/aromatic N) is 1. The van der Waals surface area contributed by atoms with E-state index < -0.39 is 0 Å². The van der Waals surface area contributed by atoms with Crippen molar-refractivity contribution >= 4 is 17.0 Å². The molecule has 142 valence electrons. The van der Waals surface area contributed by atoms with Gasteiger partial charge >= 0.3 is 0 Å². The van der Waals surface area contributed by atoms with E-state index >= 15 is 0 Å². The van der Waals surface area contributed by atoms with Crippen LogP contribution in [0, 0.1) is 0 Å². The third-order valence-electron chi connectivity index (χ3n) is 5.08. The summed E-state index contributed by atoms with van der Waals surface area (Å²) in [6, 6.07) is 25.6. The highest BCUT2D eigenvalue weighted by molar-refractivity contribution is 5.91. The van der Waals surface area contributed by atoms with E-state index in [2.05, 4.69) is 6.58 Å². The minimum atomic E-state index is 0.491. The first kappa shape index (κ1) is 17.5. The maximum atomic E-state index is 6.37. The standard InChI is InChI=1S/C26H21NO2/c1-2-22-25(18-13-14-18)27-24-16-15-21(28-19-9-5-3-6-10-19)17-23(24)26(22)29-20-11-7-4-8-12-20/h2-12,15-18H,1,13-14H2. The van der Waals surface area contributed by atoms with Crippen LogP contribution in [0.25, 0.3) is 17.0 Å². The van der Waals surface area contributed by atoms with Crippen LogP contribution in [-0.4, -0.2) is 4.98 Å². The molecule has 1 fully saturated rings. The number of rotatable bonds is 6. The minimum absolute atomic E-state index is 0.491. The normalized spacial score (nSPS) is 13.2. The first-order chi connectivity index (χ1) is 14.3. The molecule has 0 aliphatic heterocycles. The number of para-hydroxylation sites is 2. The molecule has 0 N–H and O–H groups in total. The monoisotopic (exact) mass is 379 g/mol. The Kier molecular flexibility index (Phi) is 4.49. The van der Waals surface area contributed by atoms with Crippen molar-refractivity contribution in [3.05, 3.63) is 96.7 Å². The molecule has 3 aromatic carbocycles. The molecule has 5 rings (SSSR count). The summed E-state index contributed by atoms with van der Waals surface area (Å²) < 4.78 is 12.4. The first-order valence-corrected chi connectivity index (χ1v) is 9.88. The summed E-state index contributed by atoms with van der Waals surface area (Å²) in [4.78, 5) is 4.95. The zero-order chi connectivity index (χ0) is 19.6. The van der Waals surface area contributed by atoms with Gasteiger partial charge in [-0.3, -0.25) is 4.98 Å². The first-order valence-electron chi connectivity index (χ1n) is 9.88. The van der Waals surface area contributed by atoms with Crippen LogP contribution in [0.5, 0.6) is 23.0 Å². The maximum Gasteiger partial charge on any atom is 0.145 e. The fourth-order valence-corrected chi connectivity index (χ4v) is 3.52. The lowest BCUT2D eigenvalue weighted by atomic mass is 10.0. The Labute approximate surface area is 170 Å². The predicted molar refractivity (Wildman–Crippen MR) is 117 cm³/mol. The highest BCUT2D eigenvalue weighted by atomic mass is 16.5. The Bertz CT molecular complexity index is 1170. The van der Waals surface area contributed by atoms with Crippen molar-refractivity contribution in [3.63, 3.8) is 0 Å². The molecule has 0 radical (unpaired) electrons. The molecule has 4 aromatic rings. The molecule has 0 unspecified atom stereocenters. The number of hydrogen-bond donors (Lipinski definition) is 0. The number of hydrogen-bond acceptors (Lipinski definition) is 3. The molecular weight excluding hydrogens is 358 g/mol. The Morgan fingerprint density at radius 1 is 0.793 bits per heavy atom. The average Bonchev–Trinajstić information content (AvgIpc) is 3.60. The van der Waals surface area contributed by atoms with Crippen molar-refractivity contribution in [1.82, 2.24) is 4.98 Å². The van der Waals surface area contributed by atoms with Crippen LogP contribution >= 0.6 is 0 Å². The molecule has 1 aliphatic carbocycles. The molecule has 3 heteroatoms. The summed E-state index contributed by atoms with van der Waals surface area (Å²) in [5, 5.41) is 0.918. The minimum Gasteiger partial charge on any atom is -0.457 e. The predicted octanol–water partition coefficient (Wildman–Crippen LogP) is 7.34. The summed E-state index contributed by atoms with van der Waals surface area (Å²) in [5.41, 5.74) is 2.96. The fourth-order valence-electron chi connectivity index (χ4n) is 3.52. The van der Waals surface area contributed by atoms with Crippen LogP contribution in [0.2, 0.25) is 0 Å². The average molecular weight is 379 g/mol. The van der Waals surface area contributed by atoms with E-state index in [-0.39, 0.29) is 0 Å². The third-order valence-corrected chi connectivity index (χ3v) is 5.08. The fraction of sp³-hybridized carbons (Fsp3) is 0.115. The number of benzene rings is 3. The van der Waals surface area contributed by atoms with E-state index in [4.69, 9.17) is 14.5 Å². The zero-order valence-electron chi connectivity index (χ0n) is 16.0. The molecule has 3 nitrogen and oxygen atoms in total. The number of aromatic nitrogens is 1. The summed E-state index contributed by atoms with van der Waals surface area (Å²) in [7, 11) is 0. The van der Waals surface area contributed by atoms with Crippen molar-refractivity contribution in [2.24, 2.45) is 0 Å². The summed E-state index contributed by atoms with van der Waals surface area (Å²) in [6.07, 6.45) is 4.20. The highest BCUT2D eigenvalue weighted by Gasteiger charge is 2.30. The number of pyridine rings is 1. The molecule has 1 aliphatic rings. The zero-order valence-corrected chi connectivity index (χ0v) is 16.0. The second-order valence-corrected chi connectivity index (χ2v) is 7.23. The van der Waals surface area contributed by atoms with Gasteiger partial charge < -0.3 is 9.47 Å². The van der Waals surface area contributed by atoms with Gasteiger partial charge in [0, 0.05) is 16.9 Å². The molecule has 0 bridgehead atoms. The molecule has 1 aromatic heterocycles. The van der Waals surface area contributed by atoms with Crippen molar-refractivity contribution in [1.29, 1.82) is 0 Å². The smallest absolute Gasteiger partial charge is 0.145 e. The van der Waals surface area contributed by atoms with E-state index in [0.29, 0.717) is 5.92 Å². The molecule has 0 spiro atoms. The van der Waals surface area contributed by atoms with Crippen molar-refractivity contribution in [2.75, 3.05) is 0 Å². The summed E-state index contributed by atoms with van der Waals surface area (Å²) in [5.74, 6) is 3.61. The lowest BCUT2D eigenvalue weighted by molar-refractivity contribution is 0.478. The molecule has 0 saturated heterocycles. The topological polar surface area (TPSA) is 31.4 Å². The van der Waals surface area contributed by atoms with E-state index in [1.807, 2.05) is 84.9 Å². The van der Waals surface area contributed by atoms with Gasteiger partial charge in [-0.15, -0.1) is 0 Å². The van der Waals surface area contributed by atoms with Crippen LogP contribution in [0.4, 0.5) is 0 Å². The molecule has 1 saturated carbocycles. The van der Waals surface area contributed by atoms with Crippen LogP contribution in [0.1, 0.15) is 30.0 Å². The Morgan fingerprint density at radius 3 is 2.07 bits per heavy atom. The van der Waals surface area contributed by atoms with Gasteiger partial charge in [0.25, 0.3) is 0 Å². The van der Waals surface area contributed by atoms with Gasteiger partial charge in [-0.2, -0.15) is 0 Å². The molecule has 0 amide bonds. The van der Waals surface area contributed by atoms with Gasteiger partial charge in [0.2, 0.25) is 0 Å². The SMILES string of the molecule is C=Cc1c(C2CC2)nc2ccc(Oc3ccccc3)cc2c1Oc1ccccc1. The Hall–Kier alpha value is -3.59. The molecule has 0 atom stereocenters. The van der Waals surface area contributed by atoms with Gasteiger partial charge in [0.1, 0.15) is 23.0 Å². The number of ether oxygens (including phenoxy) is 2. The number of fused-ring (bicyclic) bond motifs is 1. The van der Waals surface area contributed by atoms with Gasteiger partial charge in [0.15, 0.2) is 0 Å². The van der Waals surface area contributed by atoms with Crippen molar-refractivity contribution < 1.29 is 9.47 Å². The van der Waals surface area contributed by atoms with Crippen molar-refractivity contribution in [2.45, 2.75) is 18.8 Å². The van der Waals surface area contributed by atoms with Crippen LogP contribution < -0.4 is 9.47 Å². The highest BCUT2D eigenvalue weighted by Crippen LogP contribution is 2.46. The summed E-state index contributed by atoms with van der Waals surface area (Å²) in [6.45, 7) is 4.05. The maximum absolute atomic E-state index is 6.37. The molecular formula is C26H21NO2. The van der Waals surface area contributed by atoms with Crippen LogP contribution in [0.15, 0.2) is 85.4 Å². The van der Waals surface area contributed by atoms with E-state index in [1.165, 1.54) is 12.8 Å². The largest absolute Gasteiger partial charge is 0.457 e. The Morgan fingerprint density at radius 2 is 1.45 bits per heavy atom. The van der Waals surface area contributed by atoms with Gasteiger partial charge in [-0.1, -0.05) is 49.1 Å². The summed E-state index contributed by atoms with van der Waals surface area (Å²) >= 11 is 0. The lowest BCUT2D eigenvalue weighted by Gasteiger charge is -2.16. The van der Waals surface area contributed by atoms with Crippen LogP contribution in [-0.2, 0) is 0 Å². The van der Waals surface area contributed by atoms with Gasteiger partial charge in [0.05, 0.1) is 11.2 Å². The van der Waals surface area contributed by atoms with Gasteiger partial charge in [-0.25, -0.2) is 0 Å². The second kappa shape index (κ2) is 7.44. The second-order valence-electron chi connectivity index (χ2n) is 7.23. The lowest BCUT2D eigenvalue weighted by Crippen LogP contribution is -1.99. The van der Waals surface area contributed by atoms with Crippen molar-refractivity contribution in [3.8, 4) is 23.0 Å². The van der Waals surface area contributed by atoms with E-state index in [9.17, 15) is 0 Å².